The molecule has 0 aromatic heterocycles. The Labute approximate surface area is 60.7 Å². The number of nitroso groups, excluding NO2 is 1. The summed E-state index contributed by atoms with van der Waals surface area (Å²) in [6, 6.07) is -0.634. The molecule has 0 aliphatic rings. The second-order valence-corrected chi connectivity index (χ2v) is 2.43. The molecule has 0 heterocycles. The lowest BCUT2D eigenvalue weighted by Gasteiger charge is -2.12. The first kappa shape index (κ1) is 9.14. The molecule has 0 rings (SSSR count). The summed E-state index contributed by atoms with van der Waals surface area (Å²) in [6.45, 7) is 7.05. The van der Waals surface area contributed by atoms with Crippen molar-refractivity contribution in [2.24, 2.45) is 11.1 Å². The third-order valence-electron chi connectivity index (χ3n) is 1.64. The second-order valence-electron chi connectivity index (χ2n) is 2.43. The fourth-order valence-corrected chi connectivity index (χ4v) is 0.716. The molecule has 3 nitrogen and oxygen atoms in total. The van der Waals surface area contributed by atoms with Crippen LogP contribution in [-0.2, 0) is 0 Å². The van der Waals surface area contributed by atoms with Gasteiger partial charge in [0.2, 0.25) is 0 Å². The molecule has 0 saturated carbocycles. The summed E-state index contributed by atoms with van der Waals surface area (Å²) in [5, 5.41) is 11.6. The average Bonchev–Trinajstić information content (AvgIpc) is 1.88. The SMILES string of the molecule is C=C(O)C(N=O)[C@H](C)CC. The predicted molar refractivity (Wildman–Crippen MR) is 40.8 cm³/mol. The van der Waals surface area contributed by atoms with Crippen LogP contribution in [0, 0.1) is 10.8 Å². The largest absolute Gasteiger partial charge is 0.511 e. The smallest absolute Gasteiger partial charge is 0.150 e. The van der Waals surface area contributed by atoms with Gasteiger partial charge in [0.05, 0.1) is 0 Å². The van der Waals surface area contributed by atoms with E-state index in [9.17, 15) is 4.91 Å². The predicted octanol–water partition coefficient (Wildman–Crippen LogP) is 2.24. The monoisotopic (exact) mass is 143 g/mol. The minimum absolute atomic E-state index is 0.0787. The zero-order valence-corrected chi connectivity index (χ0v) is 6.37. The number of hydrogen-bond donors (Lipinski definition) is 1. The van der Waals surface area contributed by atoms with Crippen LogP contribution in [0.2, 0.25) is 0 Å². The van der Waals surface area contributed by atoms with E-state index < -0.39 is 6.04 Å². The Bertz CT molecular complexity index is 134. The Kier molecular flexibility index (Phi) is 3.69. The molecule has 1 unspecified atom stereocenters. The number of aliphatic hydroxyl groups excluding tert-OH is 1. The second kappa shape index (κ2) is 4.04. The Morgan fingerprint density at radius 3 is 2.40 bits per heavy atom. The highest BCUT2D eigenvalue weighted by Gasteiger charge is 2.18. The van der Waals surface area contributed by atoms with Crippen molar-refractivity contribution in [3.63, 3.8) is 0 Å². The van der Waals surface area contributed by atoms with Gasteiger partial charge in [-0.1, -0.05) is 32.0 Å². The first-order valence-electron chi connectivity index (χ1n) is 3.33. The van der Waals surface area contributed by atoms with E-state index in [0.29, 0.717) is 0 Å². The fraction of sp³-hybridized carbons (Fsp3) is 0.714. The molecule has 0 aromatic carbocycles. The van der Waals surface area contributed by atoms with E-state index >= 15 is 0 Å². The van der Waals surface area contributed by atoms with E-state index in [1.54, 1.807) is 0 Å². The first-order chi connectivity index (χ1) is 4.63. The van der Waals surface area contributed by atoms with Gasteiger partial charge in [0, 0.05) is 0 Å². The van der Waals surface area contributed by atoms with Crippen LogP contribution in [0.15, 0.2) is 17.5 Å². The molecular formula is C7H13NO2. The number of nitrogens with zero attached hydrogens (tertiary/aromatic N) is 1. The van der Waals surface area contributed by atoms with E-state index in [0.717, 1.165) is 6.42 Å². The lowest BCUT2D eigenvalue weighted by atomic mass is 9.99. The molecule has 0 spiro atoms. The van der Waals surface area contributed by atoms with E-state index in [1.807, 2.05) is 13.8 Å². The molecule has 10 heavy (non-hydrogen) atoms. The lowest BCUT2D eigenvalue weighted by Crippen LogP contribution is -2.16. The zero-order chi connectivity index (χ0) is 8.15. The highest BCUT2D eigenvalue weighted by Crippen LogP contribution is 2.15. The molecule has 0 amide bonds. The zero-order valence-electron chi connectivity index (χ0n) is 6.37. The summed E-state index contributed by atoms with van der Waals surface area (Å²) in [5.41, 5.74) is 0. The summed E-state index contributed by atoms with van der Waals surface area (Å²) < 4.78 is 0. The summed E-state index contributed by atoms with van der Waals surface area (Å²) in [7, 11) is 0. The molecule has 0 radical (unpaired) electrons. The van der Waals surface area contributed by atoms with Crippen molar-refractivity contribution in [2.75, 3.05) is 0 Å². The molecule has 0 fully saturated rings. The maximum Gasteiger partial charge on any atom is 0.150 e. The van der Waals surface area contributed by atoms with Gasteiger partial charge in [-0.3, -0.25) is 0 Å². The van der Waals surface area contributed by atoms with Gasteiger partial charge in [0.15, 0.2) is 6.04 Å². The number of rotatable bonds is 4. The van der Waals surface area contributed by atoms with Gasteiger partial charge in [0.25, 0.3) is 0 Å². The molecule has 0 saturated heterocycles. The highest BCUT2D eigenvalue weighted by molar-refractivity contribution is 4.96. The third kappa shape index (κ3) is 2.17. The van der Waals surface area contributed by atoms with Crippen LogP contribution >= 0.6 is 0 Å². The van der Waals surface area contributed by atoms with Crippen molar-refractivity contribution in [1.29, 1.82) is 0 Å². The third-order valence-corrected chi connectivity index (χ3v) is 1.64. The molecular weight excluding hydrogens is 130 g/mol. The Morgan fingerprint density at radius 1 is 1.80 bits per heavy atom. The van der Waals surface area contributed by atoms with Crippen LogP contribution < -0.4 is 0 Å². The first-order valence-corrected chi connectivity index (χ1v) is 3.33. The normalized spacial score (nSPS) is 15.8. The van der Waals surface area contributed by atoms with Gasteiger partial charge in [-0.2, -0.15) is 4.91 Å². The van der Waals surface area contributed by atoms with Crippen LogP contribution in [0.1, 0.15) is 20.3 Å². The fourth-order valence-electron chi connectivity index (χ4n) is 0.716. The maximum absolute atomic E-state index is 10.1. The molecule has 0 bridgehead atoms. The van der Waals surface area contributed by atoms with E-state index in [-0.39, 0.29) is 11.7 Å². The quantitative estimate of drug-likeness (QED) is 0.484. The van der Waals surface area contributed by atoms with Gasteiger partial charge in [-0.25, -0.2) is 0 Å². The molecule has 3 heteroatoms. The van der Waals surface area contributed by atoms with Gasteiger partial charge in [0.1, 0.15) is 5.76 Å². The van der Waals surface area contributed by atoms with Gasteiger partial charge in [-0.15, -0.1) is 0 Å². The summed E-state index contributed by atoms with van der Waals surface area (Å²) in [6.07, 6.45) is 0.815. The average molecular weight is 143 g/mol. The number of aliphatic hydroxyl groups is 1. The Hall–Kier alpha value is -0.860. The molecule has 1 N–H and O–H groups in total. The Morgan fingerprint density at radius 2 is 2.30 bits per heavy atom. The van der Waals surface area contributed by atoms with Gasteiger partial charge >= 0.3 is 0 Å². The maximum atomic E-state index is 10.1. The minimum Gasteiger partial charge on any atom is -0.511 e. The molecule has 2 atom stereocenters. The van der Waals surface area contributed by atoms with E-state index in [4.69, 9.17) is 5.11 Å². The van der Waals surface area contributed by atoms with Crippen molar-refractivity contribution < 1.29 is 5.11 Å². The lowest BCUT2D eigenvalue weighted by molar-refractivity contribution is 0.323. The van der Waals surface area contributed by atoms with Crippen molar-refractivity contribution in [2.45, 2.75) is 26.3 Å². The summed E-state index contributed by atoms with van der Waals surface area (Å²) >= 11 is 0. The molecule has 58 valence electrons. The van der Waals surface area contributed by atoms with Crippen molar-refractivity contribution >= 4 is 0 Å². The van der Waals surface area contributed by atoms with Crippen LogP contribution in [0.4, 0.5) is 0 Å². The highest BCUT2D eigenvalue weighted by atomic mass is 16.3. The van der Waals surface area contributed by atoms with Crippen LogP contribution in [-0.4, -0.2) is 11.1 Å². The van der Waals surface area contributed by atoms with Crippen molar-refractivity contribution in [3.05, 3.63) is 17.2 Å². The summed E-state index contributed by atoms with van der Waals surface area (Å²) in [4.78, 5) is 10.1. The van der Waals surface area contributed by atoms with Crippen LogP contribution in [0.3, 0.4) is 0 Å². The molecule has 0 aliphatic heterocycles. The topological polar surface area (TPSA) is 49.7 Å². The van der Waals surface area contributed by atoms with Crippen molar-refractivity contribution in [3.8, 4) is 0 Å². The summed E-state index contributed by atoms with van der Waals surface area (Å²) in [5.74, 6) is -0.0562. The minimum atomic E-state index is -0.634. The molecule has 0 aromatic rings. The van der Waals surface area contributed by atoms with E-state index in [1.165, 1.54) is 0 Å². The molecule has 0 aliphatic carbocycles. The van der Waals surface area contributed by atoms with Crippen LogP contribution in [0.25, 0.3) is 0 Å². The van der Waals surface area contributed by atoms with Gasteiger partial charge < -0.3 is 5.11 Å². The van der Waals surface area contributed by atoms with Crippen molar-refractivity contribution in [1.82, 2.24) is 0 Å². The van der Waals surface area contributed by atoms with Crippen LogP contribution in [0.5, 0.6) is 0 Å². The Balaban J connectivity index is 4.05. The standard InChI is InChI=1S/C7H13NO2/c1-4-5(2)7(8-10)6(3)9/h5,7,9H,3-4H2,1-2H3/t5-,7?/m1/s1. The van der Waals surface area contributed by atoms with E-state index in [2.05, 4.69) is 11.8 Å². The van der Waals surface area contributed by atoms with Gasteiger partial charge in [-0.05, 0) is 5.92 Å². The number of hydrogen-bond acceptors (Lipinski definition) is 3.